The fourth-order valence-electron chi connectivity index (χ4n) is 2.24. The first-order valence-electron chi connectivity index (χ1n) is 6.52. The van der Waals surface area contributed by atoms with Crippen LogP contribution in [0.25, 0.3) is 11.0 Å². The maximum Gasteiger partial charge on any atom is 0.339 e. The molecule has 22 heavy (non-hydrogen) atoms. The van der Waals surface area contributed by atoms with Crippen molar-refractivity contribution in [2.24, 2.45) is 7.05 Å². The molecule has 114 valence electrons. The van der Waals surface area contributed by atoms with Gasteiger partial charge in [0, 0.05) is 7.05 Å². The number of carbonyl (C=O) groups is 1. The smallest absolute Gasteiger partial charge is 0.339 e. The van der Waals surface area contributed by atoms with Crippen LogP contribution in [0.4, 0.5) is 0 Å². The maximum absolute atomic E-state index is 11.1. The number of aryl methyl sites for hydroxylation is 1. The molecule has 2 aromatic carbocycles. The number of fused-ring (bicyclic) bond motifs is 1. The lowest BCUT2D eigenvalue weighted by atomic mass is 10.2. The van der Waals surface area contributed by atoms with E-state index in [4.69, 9.17) is 9.84 Å². The molecular formula is C16H15ClN2O3. The van der Waals surface area contributed by atoms with Crippen LogP contribution >= 0.6 is 12.4 Å². The molecule has 6 heteroatoms. The van der Waals surface area contributed by atoms with Gasteiger partial charge in [-0.25, -0.2) is 9.78 Å². The van der Waals surface area contributed by atoms with Gasteiger partial charge in [0.05, 0.1) is 11.0 Å². The molecule has 3 rings (SSSR count). The average Bonchev–Trinajstić information content (AvgIpc) is 2.82. The Bertz CT molecular complexity index is 814. The Balaban J connectivity index is 0.00000176. The second kappa shape index (κ2) is 6.49. The zero-order valence-corrected chi connectivity index (χ0v) is 12.7. The van der Waals surface area contributed by atoms with E-state index in [1.165, 1.54) is 6.07 Å². The van der Waals surface area contributed by atoms with E-state index in [0.717, 1.165) is 16.9 Å². The minimum atomic E-state index is -1.00. The third kappa shape index (κ3) is 2.89. The number of nitrogens with zero attached hydrogens (tertiary/aromatic N) is 2. The Morgan fingerprint density at radius 1 is 1.18 bits per heavy atom. The molecular weight excluding hydrogens is 304 g/mol. The second-order valence-corrected chi connectivity index (χ2v) is 4.67. The summed E-state index contributed by atoms with van der Waals surface area (Å²) in [5.74, 6) is 0.0871. The summed E-state index contributed by atoms with van der Waals surface area (Å²) in [5.41, 5.74) is 2.06. The number of aromatic carboxylic acids is 1. The number of rotatable bonds is 4. The number of imidazole rings is 1. The summed E-state index contributed by atoms with van der Waals surface area (Å²) in [6.45, 7) is 0.218. The van der Waals surface area contributed by atoms with E-state index < -0.39 is 5.97 Å². The van der Waals surface area contributed by atoms with Crippen molar-refractivity contribution in [1.82, 2.24) is 9.55 Å². The highest BCUT2D eigenvalue weighted by Gasteiger charge is 2.12. The quantitative estimate of drug-likeness (QED) is 0.802. The standard InChI is InChI=1S/C16H14N2O3.ClH/c1-18-13-8-4-3-7-12(13)17-15(18)10-21-14-9-5-2-6-11(14)16(19)20;/h2-9H,10H2,1H3,(H,19,20);1H. The first-order valence-corrected chi connectivity index (χ1v) is 6.52. The van der Waals surface area contributed by atoms with E-state index in [2.05, 4.69) is 4.98 Å². The topological polar surface area (TPSA) is 64.3 Å². The van der Waals surface area contributed by atoms with Crippen molar-refractivity contribution in [2.75, 3.05) is 0 Å². The lowest BCUT2D eigenvalue weighted by Gasteiger charge is -2.08. The Kier molecular flexibility index (Phi) is 4.68. The van der Waals surface area contributed by atoms with Crippen LogP contribution in [-0.4, -0.2) is 20.6 Å². The molecule has 0 bridgehead atoms. The Labute approximate surface area is 133 Å². The minimum Gasteiger partial charge on any atom is -0.485 e. The lowest BCUT2D eigenvalue weighted by molar-refractivity contribution is 0.0691. The highest BCUT2D eigenvalue weighted by molar-refractivity contribution is 5.90. The Hall–Kier alpha value is -2.53. The normalized spacial score (nSPS) is 10.2. The summed E-state index contributed by atoms with van der Waals surface area (Å²) in [7, 11) is 1.91. The Morgan fingerprint density at radius 2 is 1.86 bits per heavy atom. The van der Waals surface area contributed by atoms with Crippen LogP contribution in [0.2, 0.25) is 0 Å². The number of ether oxygens (including phenoxy) is 1. The third-order valence-electron chi connectivity index (χ3n) is 3.35. The number of carboxylic acid groups (broad SMARTS) is 1. The number of hydrogen-bond acceptors (Lipinski definition) is 3. The molecule has 0 fully saturated rings. The van der Waals surface area contributed by atoms with Crippen LogP contribution in [-0.2, 0) is 13.7 Å². The maximum atomic E-state index is 11.1. The predicted octanol–water partition coefficient (Wildman–Crippen LogP) is 3.27. The molecule has 0 unspecified atom stereocenters. The van der Waals surface area contributed by atoms with E-state index in [9.17, 15) is 4.79 Å². The summed E-state index contributed by atoms with van der Waals surface area (Å²) in [6, 6.07) is 14.4. The number of hydrogen-bond donors (Lipinski definition) is 1. The zero-order chi connectivity index (χ0) is 14.8. The molecule has 0 aliphatic carbocycles. The van der Waals surface area contributed by atoms with Crippen LogP contribution in [0.15, 0.2) is 48.5 Å². The first kappa shape index (κ1) is 15.9. The molecule has 0 radical (unpaired) electrons. The molecule has 0 amide bonds. The molecule has 0 aliphatic rings. The summed E-state index contributed by atoms with van der Waals surface area (Å²) in [4.78, 5) is 15.6. The average molecular weight is 319 g/mol. The van der Waals surface area contributed by atoms with Crippen molar-refractivity contribution in [1.29, 1.82) is 0 Å². The molecule has 1 N–H and O–H groups in total. The van der Waals surface area contributed by atoms with Gasteiger partial charge in [-0.15, -0.1) is 12.4 Å². The number of aromatic nitrogens is 2. The van der Waals surface area contributed by atoms with E-state index in [1.807, 2.05) is 35.9 Å². The van der Waals surface area contributed by atoms with Crippen LogP contribution in [0.1, 0.15) is 16.2 Å². The highest BCUT2D eigenvalue weighted by Crippen LogP contribution is 2.20. The molecule has 0 saturated heterocycles. The SMILES string of the molecule is Cl.Cn1c(COc2ccccc2C(=O)O)nc2ccccc21. The molecule has 1 aromatic heterocycles. The largest absolute Gasteiger partial charge is 0.485 e. The molecule has 0 atom stereocenters. The molecule has 5 nitrogen and oxygen atoms in total. The molecule has 0 saturated carbocycles. The number of halogens is 1. The van der Waals surface area contributed by atoms with Gasteiger partial charge in [-0.05, 0) is 24.3 Å². The van der Waals surface area contributed by atoms with Crippen molar-refractivity contribution in [3.63, 3.8) is 0 Å². The van der Waals surface area contributed by atoms with Gasteiger partial charge >= 0.3 is 5.97 Å². The highest BCUT2D eigenvalue weighted by atomic mass is 35.5. The molecule has 1 heterocycles. The van der Waals surface area contributed by atoms with Crippen LogP contribution in [0, 0.1) is 0 Å². The first-order chi connectivity index (χ1) is 10.2. The molecule has 0 aliphatic heterocycles. The number of benzene rings is 2. The number of para-hydroxylation sites is 3. The van der Waals surface area contributed by atoms with Crippen LogP contribution in [0.5, 0.6) is 5.75 Å². The van der Waals surface area contributed by atoms with Gasteiger partial charge in [0.1, 0.15) is 23.7 Å². The van der Waals surface area contributed by atoms with Gasteiger partial charge in [-0.3, -0.25) is 0 Å². The van der Waals surface area contributed by atoms with Gasteiger partial charge in [0.2, 0.25) is 0 Å². The van der Waals surface area contributed by atoms with Crippen LogP contribution in [0.3, 0.4) is 0 Å². The summed E-state index contributed by atoms with van der Waals surface area (Å²) in [6.07, 6.45) is 0. The Morgan fingerprint density at radius 3 is 2.59 bits per heavy atom. The summed E-state index contributed by atoms with van der Waals surface area (Å²) >= 11 is 0. The predicted molar refractivity (Wildman–Crippen MR) is 85.7 cm³/mol. The van der Waals surface area contributed by atoms with E-state index >= 15 is 0 Å². The second-order valence-electron chi connectivity index (χ2n) is 4.67. The van der Waals surface area contributed by atoms with Gasteiger partial charge < -0.3 is 14.4 Å². The van der Waals surface area contributed by atoms with Gasteiger partial charge in [0.15, 0.2) is 0 Å². The summed E-state index contributed by atoms with van der Waals surface area (Å²) < 4.78 is 7.57. The van der Waals surface area contributed by atoms with Gasteiger partial charge in [-0.2, -0.15) is 0 Å². The van der Waals surface area contributed by atoms with Crippen LogP contribution < -0.4 is 4.74 Å². The fourth-order valence-corrected chi connectivity index (χ4v) is 2.24. The molecule has 3 aromatic rings. The van der Waals surface area contributed by atoms with Crippen molar-refractivity contribution >= 4 is 29.4 Å². The zero-order valence-electron chi connectivity index (χ0n) is 11.9. The lowest BCUT2D eigenvalue weighted by Crippen LogP contribution is -2.06. The van der Waals surface area contributed by atoms with E-state index in [-0.39, 0.29) is 24.6 Å². The van der Waals surface area contributed by atoms with E-state index in [0.29, 0.717) is 5.75 Å². The van der Waals surface area contributed by atoms with Crippen molar-refractivity contribution in [3.8, 4) is 5.75 Å². The van der Waals surface area contributed by atoms with Crippen molar-refractivity contribution < 1.29 is 14.6 Å². The third-order valence-corrected chi connectivity index (χ3v) is 3.35. The van der Waals surface area contributed by atoms with Crippen molar-refractivity contribution in [2.45, 2.75) is 6.61 Å². The van der Waals surface area contributed by atoms with Gasteiger partial charge in [-0.1, -0.05) is 24.3 Å². The van der Waals surface area contributed by atoms with Gasteiger partial charge in [0.25, 0.3) is 0 Å². The molecule has 0 spiro atoms. The fraction of sp³-hybridized carbons (Fsp3) is 0.125. The summed E-state index contributed by atoms with van der Waals surface area (Å²) in [5, 5.41) is 9.13. The monoisotopic (exact) mass is 318 g/mol. The van der Waals surface area contributed by atoms with Crippen molar-refractivity contribution in [3.05, 3.63) is 59.9 Å². The number of carboxylic acids is 1. The van der Waals surface area contributed by atoms with E-state index in [1.54, 1.807) is 18.2 Å². The minimum absolute atomic E-state index is 0.